The molecule has 2 aromatic carbocycles. The van der Waals surface area contributed by atoms with Crippen molar-refractivity contribution < 1.29 is 9.59 Å². The van der Waals surface area contributed by atoms with E-state index in [9.17, 15) is 9.59 Å². The van der Waals surface area contributed by atoms with Crippen LogP contribution in [0.15, 0.2) is 46.9 Å². The summed E-state index contributed by atoms with van der Waals surface area (Å²) in [7, 11) is 0. The molecule has 0 unspecified atom stereocenters. The van der Waals surface area contributed by atoms with Crippen LogP contribution in [0.1, 0.15) is 24.5 Å². The number of halogens is 1. The summed E-state index contributed by atoms with van der Waals surface area (Å²) in [6.45, 7) is 5.82. The first-order chi connectivity index (χ1) is 11.4. The number of amides is 2. The van der Waals surface area contributed by atoms with Crippen LogP contribution < -0.4 is 10.2 Å². The van der Waals surface area contributed by atoms with E-state index >= 15 is 0 Å². The summed E-state index contributed by atoms with van der Waals surface area (Å²) in [4.78, 5) is 25.7. The lowest BCUT2D eigenvalue weighted by atomic mass is 10.2. The number of hydrogen-bond acceptors (Lipinski definition) is 2. The molecule has 0 saturated carbocycles. The molecule has 4 nitrogen and oxygen atoms in total. The Hall–Kier alpha value is -2.14. The quantitative estimate of drug-likeness (QED) is 0.822. The average Bonchev–Trinajstić information content (AvgIpc) is 2.53. The Morgan fingerprint density at radius 3 is 2.33 bits per heavy atom. The molecule has 0 spiro atoms. The number of carbonyl (C=O) groups is 2. The van der Waals surface area contributed by atoms with Crippen molar-refractivity contribution in [2.24, 2.45) is 0 Å². The third-order valence-corrected chi connectivity index (χ3v) is 4.60. The van der Waals surface area contributed by atoms with Gasteiger partial charge in [-0.25, -0.2) is 0 Å². The van der Waals surface area contributed by atoms with Gasteiger partial charge in [-0.2, -0.15) is 0 Å². The first-order valence-electron chi connectivity index (χ1n) is 7.77. The Labute approximate surface area is 151 Å². The topological polar surface area (TPSA) is 49.4 Å². The highest BCUT2D eigenvalue weighted by atomic mass is 79.9. The zero-order chi connectivity index (χ0) is 17.7. The molecule has 2 aromatic rings. The zero-order valence-corrected chi connectivity index (χ0v) is 15.7. The van der Waals surface area contributed by atoms with Crippen LogP contribution in [0, 0.1) is 13.8 Å². The van der Waals surface area contributed by atoms with Crippen LogP contribution in [0.2, 0.25) is 0 Å². The predicted octanol–water partition coefficient (Wildman–Crippen LogP) is 4.45. The third kappa shape index (κ3) is 4.93. The maximum Gasteiger partial charge on any atom is 0.226 e. The van der Waals surface area contributed by atoms with Gasteiger partial charge in [-0.15, -0.1) is 0 Å². The van der Waals surface area contributed by atoms with Crippen molar-refractivity contribution in [3.05, 3.63) is 58.1 Å². The molecule has 0 aliphatic carbocycles. The number of hydrogen-bond donors (Lipinski definition) is 1. The van der Waals surface area contributed by atoms with E-state index in [0.717, 1.165) is 27.0 Å². The fourth-order valence-corrected chi connectivity index (χ4v) is 2.66. The van der Waals surface area contributed by atoms with E-state index in [2.05, 4.69) is 21.2 Å². The van der Waals surface area contributed by atoms with Crippen LogP contribution in [0.25, 0.3) is 0 Å². The molecule has 0 saturated heterocycles. The Balaban J connectivity index is 2.00. The van der Waals surface area contributed by atoms with E-state index in [1.807, 2.05) is 56.3 Å². The highest BCUT2D eigenvalue weighted by molar-refractivity contribution is 9.10. The van der Waals surface area contributed by atoms with Crippen molar-refractivity contribution in [2.75, 3.05) is 16.8 Å². The number of carbonyl (C=O) groups excluding carboxylic acids is 2. The van der Waals surface area contributed by atoms with Gasteiger partial charge in [-0.05, 0) is 43.7 Å². The number of nitrogens with one attached hydrogen (secondary N) is 1. The number of nitrogens with zero attached hydrogens (tertiary/aromatic N) is 1. The van der Waals surface area contributed by atoms with Gasteiger partial charge in [-0.1, -0.05) is 39.7 Å². The first-order valence-corrected chi connectivity index (χ1v) is 8.57. The maximum absolute atomic E-state index is 12.1. The van der Waals surface area contributed by atoms with E-state index in [1.165, 1.54) is 6.92 Å². The molecule has 126 valence electrons. The second kappa shape index (κ2) is 8.11. The normalized spacial score (nSPS) is 10.3. The minimum absolute atomic E-state index is 0.0890. The van der Waals surface area contributed by atoms with Crippen molar-refractivity contribution in [1.82, 2.24) is 0 Å². The van der Waals surface area contributed by atoms with Gasteiger partial charge in [0, 0.05) is 35.7 Å². The molecule has 2 amide bonds. The summed E-state index contributed by atoms with van der Waals surface area (Å²) in [5.74, 6) is -0.204. The molecule has 2 rings (SSSR count). The summed E-state index contributed by atoms with van der Waals surface area (Å²) in [5.41, 5.74) is 3.78. The molecular formula is C19H21BrN2O2. The van der Waals surface area contributed by atoms with Gasteiger partial charge in [-0.3, -0.25) is 9.59 Å². The number of anilines is 2. The number of rotatable bonds is 5. The summed E-state index contributed by atoms with van der Waals surface area (Å²) in [6.07, 6.45) is 0.235. The Bertz CT molecular complexity index is 742. The molecule has 1 N–H and O–H groups in total. The lowest BCUT2D eigenvalue weighted by Gasteiger charge is -2.21. The SMILES string of the molecule is CC(=O)N(CCC(=O)Nc1ccc(C)cc1)c1ccc(C)c(Br)c1. The molecule has 24 heavy (non-hydrogen) atoms. The van der Waals surface area contributed by atoms with E-state index in [4.69, 9.17) is 0 Å². The van der Waals surface area contributed by atoms with Gasteiger partial charge in [0.15, 0.2) is 0 Å². The fourth-order valence-electron chi connectivity index (χ4n) is 2.29. The van der Waals surface area contributed by atoms with Crippen LogP contribution in [0.4, 0.5) is 11.4 Å². The molecule has 0 heterocycles. The van der Waals surface area contributed by atoms with Gasteiger partial charge < -0.3 is 10.2 Å². The summed E-state index contributed by atoms with van der Waals surface area (Å²) in [5, 5.41) is 2.85. The van der Waals surface area contributed by atoms with Crippen LogP contribution in [0.5, 0.6) is 0 Å². The summed E-state index contributed by atoms with van der Waals surface area (Å²) in [6, 6.07) is 13.4. The average molecular weight is 389 g/mol. The highest BCUT2D eigenvalue weighted by Gasteiger charge is 2.14. The van der Waals surface area contributed by atoms with Gasteiger partial charge in [0.2, 0.25) is 11.8 Å². The van der Waals surface area contributed by atoms with Crippen molar-refractivity contribution in [2.45, 2.75) is 27.2 Å². The van der Waals surface area contributed by atoms with Crippen LogP contribution >= 0.6 is 15.9 Å². The molecule has 0 fully saturated rings. The number of benzene rings is 2. The molecule has 0 radical (unpaired) electrons. The lowest BCUT2D eigenvalue weighted by Crippen LogP contribution is -2.32. The van der Waals surface area contributed by atoms with E-state index in [0.29, 0.717) is 6.54 Å². The molecule has 0 aliphatic rings. The van der Waals surface area contributed by atoms with Crippen LogP contribution in [-0.2, 0) is 9.59 Å². The Kier molecular flexibility index (Phi) is 6.15. The van der Waals surface area contributed by atoms with E-state index in [-0.39, 0.29) is 18.2 Å². The molecule has 0 bridgehead atoms. The highest BCUT2D eigenvalue weighted by Crippen LogP contribution is 2.24. The van der Waals surface area contributed by atoms with Crippen molar-refractivity contribution in [3.8, 4) is 0 Å². The van der Waals surface area contributed by atoms with E-state index in [1.54, 1.807) is 4.90 Å². The molecule has 0 aliphatic heterocycles. The first kappa shape index (κ1) is 18.2. The third-order valence-electron chi connectivity index (χ3n) is 3.74. The van der Waals surface area contributed by atoms with Gasteiger partial charge in [0.05, 0.1) is 0 Å². The summed E-state index contributed by atoms with van der Waals surface area (Å²) < 4.78 is 0.940. The van der Waals surface area contributed by atoms with Crippen LogP contribution in [-0.4, -0.2) is 18.4 Å². The van der Waals surface area contributed by atoms with Gasteiger partial charge in [0.1, 0.15) is 0 Å². The maximum atomic E-state index is 12.1. The second-order valence-corrected chi connectivity index (χ2v) is 6.62. The predicted molar refractivity (Wildman–Crippen MR) is 101 cm³/mol. The number of aryl methyl sites for hydroxylation is 2. The molecule has 0 aromatic heterocycles. The van der Waals surface area contributed by atoms with Gasteiger partial charge >= 0.3 is 0 Å². The Morgan fingerprint density at radius 2 is 1.75 bits per heavy atom. The van der Waals surface area contributed by atoms with Crippen molar-refractivity contribution >= 4 is 39.1 Å². The van der Waals surface area contributed by atoms with Crippen molar-refractivity contribution in [1.29, 1.82) is 0 Å². The van der Waals surface area contributed by atoms with Crippen molar-refractivity contribution in [3.63, 3.8) is 0 Å². The molecular weight excluding hydrogens is 368 g/mol. The standard InChI is InChI=1S/C19H21BrN2O2/c1-13-4-7-16(8-5-13)21-19(24)10-11-22(15(3)23)17-9-6-14(2)18(20)12-17/h4-9,12H,10-11H2,1-3H3,(H,21,24). The smallest absolute Gasteiger partial charge is 0.226 e. The monoisotopic (exact) mass is 388 g/mol. The Morgan fingerprint density at radius 1 is 1.08 bits per heavy atom. The molecule has 0 atom stereocenters. The second-order valence-electron chi connectivity index (χ2n) is 5.77. The zero-order valence-electron chi connectivity index (χ0n) is 14.1. The van der Waals surface area contributed by atoms with Crippen LogP contribution in [0.3, 0.4) is 0 Å². The van der Waals surface area contributed by atoms with E-state index < -0.39 is 0 Å². The van der Waals surface area contributed by atoms with Gasteiger partial charge in [0.25, 0.3) is 0 Å². The minimum atomic E-state index is -0.115. The fraction of sp³-hybridized carbons (Fsp3) is 0.263. The summed E-state index contributed by atoms with van der Waals surface area (Å²) >= 11 is 3.48. The minimum Gasteiger partial charge on any atom is -0.326 e. The largest absolute Gasteiger partial charge is 0.326 e. The molecule has 5 heteroatoms. The lowest BCUT2D eigenvalue weighted by molar-refractivity contribution is -0.117.